The van der Waals surface area contributed by atoms with Gasteiger partial charge in [-0.05, 0) is 24.6 Å². The Hall–Kier alpha value is -2.02. The molecule has 0 radical (unpaired) electrons. The maximum atomic E-state index is 12.3. The molecule has 0 aliphatic carbocycles. The topological polar surface area (TPSA) is 68.5 Å². The molecule has 0 spiro atoms. The fourth-order valence-corrected chi connectivity index (χ4v) is 2.63. The van der Waals surface area contributed by atoms with Gasteiger partial charge in [-0.1, -0.05) is 23.9 Å². The van der Waals surface area contributed by atoms with E-state index in [2.05, 4.69) is 10.2 Å². The van der Waals surface area contributed by atoms with Gasteiger partial charge in [-0.15, -0.1) is 10.2 Å². The molecule has 0 unspecified atom stereocenters. The number of carbonyl (C=O) groups is 1. The number of amides is 1. The molecule has 0 bridgehead atoms. The van der Waals surface area contributed by atoms with Gasteiger partial charge in [0.1, 0.15) is 5.75 Å². The van der Waals surface area contributed by atoms with Crippen molar-refractivity contribution in [2.24, 2.45) is 0 Å². The van der Waals surface area contributed by atoms with E-state index < -0.39 is 0 Å². The van der Waals surface area contributed by atoms with Crippen LogP contribution < -0.4 is 4.74 Å². The van der Waals surface area contributed by atoms with Crippen molar-refractivity contribution in [1.29, 1.82) is 0 Å². The summed E-state index contributed by atoms with van der Waals surface area (Å²) in [6, 6.07) is 7.72. The molecule has 1 heterocycles. The quantitative estimate of drug-likeness (QED) is 0.730. The highest BCUT2D eigenvalue weighted by atomic mass is 32.2. The molecule has 0 saturated heterocycles. The summed E-state index contributed by atoms with van der Waals surface area (Å²) in [4.78, 5) is 14.1. The first-order valence-electron chi connectivity index (χ1n) is 6.96. The maximum Gasteiger partial charge on any atom is 0.277 e. The predicted octanol–water partition coefficient (Wildman–Crippen LogP) is 2.53. The van der Waals surface area contributed by atoms with Crippen molar-refractivity contribution in [2.45, 2.75) is 25.6 Å². The molecule has 6 nitrogen and oxygen atoms in total. The Morgan fingerprint density at radius 2 is 2.23 bits per heavy atom. The third-order valence-electron chi connectivity index (χ3n) is 3.07. The minimum Gasteiger partial charge on any atom is -0.497 e. The number of methoxy groups -OCH3 is 1. The number of rotatable bonds is 7. The molecule has 0 saturated carbocycles. The lowest BCUT2D eigenvalue weighted by atomic mass is 10.2. The Morgan fingerprint density at radius 3 is 2.86 bits per heavy atom. The SMILES string of the molecule is CCN(Cc1cccc(OC)c1)C(=O)CSc1nnc(C)o1. The van der Waals surface area contributed by atoms with E-state index in [-0.39, 0.29) is 11.7 Å². The van der Waals surface area contributed by atoms with Crippen molar-refractivity contribution in [3.05, 3.63) is 35.7 Å². The molecule has 0 atom stereocenters. The van der Waals surface area contributed by atoms with Crippen LogP contribution in [-0.4, -0.2) is 40.4 Å². The summed E-state index contributed by atoms with van der Waals surface area (Å²) in [6.07, 6.45) is 0. The van der Waals surface area contributed by atoms with Gasteiger partial charge in [0.15, 0.2) is 0 Å². The van der Waals surface area contributed by atoms with Gasteiger partial charge in [0.25, 0.3) is 5.22 Å². The molecule has 22 heavy (non-hydrogen) atoms. The van der Waals surface area contributed by atoms with Gasteiger partial charge in [0.05, 0.1) is 12.9 Å². The van der Waals surface area contributed by atoms with E-state index in [1.54, 1.807) is 18.9 Å². The minimum atomic E-state index is 0.0335. The molecule has 0 N–H and O–H groups in total. The molecular formula is C15H19N3O3S. The van der Waals surface area contributed by atoms with Crippen LogP contribution in [0.15, 0.2) is 33.9 Å². The van der Waals surface area contributed by atoms with Crippen LogP contribution >= 0.6 is 11.8 Å². The largest absolute Gasteiger partial charge is 0.497 e. The van der Waals surface area contributed by atoms with Crippen LogP contribution in [0.1, 0.15) is 18.4 Å². The van der Waals surface area contributed by atoms with Crippen molar-refractivity contribution in [3.63, 3.8) is 0 Å². The summed E-state index contributed by atoms with van der Waals surface area (Å²) in [5.41, 5.74) is 1.04. The highest BCUT2D eigenvalue weighted by Crippen LogP contribution is 2.18. The molecule has 1 amide bonds. The number of nitrogens with zero attached hydrogens (tertiary/aromatic N) is 3. The Kier molecular flexibility index (Phi) is 5.83. The van der Waals surface area contributed by atoms with Gasteiger partial charge in [-0.2, -0.15) is 0 Å². The number of hydrogen-bond donors (Lipinski definition) is 0. The Morgan fingerprint density at radius 1 is 1.41 bits per heavy atom. The molecule has 118 valence electrons. The van der Waals surface area contributed by atoms with E-state index in [4.69, 9.17) is 9.15 Å². The second kappa shape index (κ2) is 7.84. The van der Waals surface area contributed by atoms with Crippen molar-refractivity contribution < 1.29 is 13.9 Å². The molecule has 1 aromatic heterocycles. The van der Waals surface area contributed by atoms with Crippen LogP contribution in [0.2, 0.25) is 0 Å². The van der Waals surface area contributed by atoms with Crippen LogP contribution in [0.25, 0.3) is 0 Å². The first kappa shape index (κ1) is 16.4. The molecule has 0 aliphatic heterocycles. The Labute approximate surface area is 133 Å². The molecule has 0 aliphatic rings. The van der Waals surface area contributed by atoms with E-state index >= 15 is 0 Å². The molecule has 0 fully saturated rings. The number of ether oxygens (including phenoxy) is 1. The van der Waals surface area contributed by atoms with Crippen LogP contribution in [0, 0.1) is 6.92 Å². The van der Waals surface area contributed by atoms with Crippen molar-refractivity contribution in [1.82, 2.24) is 15.1 Å². The third-order valence-corrected chi connectivity index (χ3v) is 3.87. The summed E-state index contributed by atoms with van der Waals surface area (Å²) in [7, 11) is 1.63. The van der Waals surface area contributed by atoms with E-state index in [0.717, 1.165) is 11.3 Å². The zero-order valence-corrected chi connectivity index (χ0v) is 13.7. The van der Waals surface area contributed by atoms with Crippen LogP contribution in [-0.2, 0) is 11.3 Å². The zero-order valence-electron chi connectivity index (χ0n) is 12.9. The first-order chi connectivity index (χ1) is 10.6. The summed E-state index contributed by atoms with van der Waals surface area (Å²) >= 11 is 1.26. The van der Waals surface area contributed by atoms with Gasteiger partial charge in [-0.3, -0.25) is 4.79 Å². The van der Waals surface area contributed by atoms with Gasteiger partial charge in [0.2, 0.25) is 11.8 Å². The van der Waals surface area contributed by atoms with Crippen LogP contribution in [0.4, 0.5) is 0 Å². The lowest BCUT2D eigenvalue weighted by Crippen LogP contribution is -2.31. The first-order valence-corrected chi connectivity index (χ1v) is 7.94. The van der Waals surface area contributed by atoms with E-state index in [9.17, 15) is 4.79 Å². The summed E-state index contributed by atoms with van der Waals surface area (Å²) in [6.45, 7) is 4.87. The smallest absolute Gasteiger partial charge is 0.277 e. The van der Waals surface area contributed by atoms with Crippen LogP contribution in [0.5, 0.6) is 5.75 Å². The number of aromatic nitrogens is 2. The lowest BCUT2D eigenvalue weighted by Gasteiger charge is -2.20. The standard InChI is InChI=1S/C15H19N3O3S/c1-4-18(9-12-6-5-7-13(8-12)20-3)14(19)10-22-15-17-16-11(2)21-15/h5-8H,4,9-10H2,1-3H3. The molecule has 1 aromatic carbocycles. The van der Waals surface area contributed by atoms with Gasteiger partial charge in [-0.25, -0.2) is 0 Å². The fourth-order valence-electron chi connectivity index (χ4n) is 1.92. The highest BCUT2D eigenvalue weighted by Gasteiger charge is 2.14. The van der Waals surface area contributed by atoms with Crippen molar-refractivity contribution in [2.75, 3.05) is 19.4 Å². The Bertz CT molecular complexity index is 630. The number of aryl methyl sites for hydroxylation is 1. The maximum absolute atomic E-state index is 12.3. The second-order valence-corrected chi connectivity index (χ2v) is 5.56. The summed E-state index contributed by atoms with van der Waals surface area (Å²) < 4.78 is 10.5. The van der Waals surface area contributed by atoms with E-state index in [1.807, 2.05) is 31.2 Å². The number of carbonyl (C=O) groups excluding carboxylic acids is 1. The molecule has 7 heteroatoms. The van der Waals surface area contributed by atoms with Crippen LogP contribution in [0.3, 0.4) is 0 Å². The summed E-state index contributed by atoms with van der Waals surface area (Å²) in [5.74, 6) is 1.60. The lowest BCUT2D eigenvalue weighted by molar-refractivity contribution is -0.128. The molecule has 2 aromatic rings. The van der Waals surface area contributed by atoms with E-state index in [0.29, 0.717) is 24.2 Å². The Balaban J connectivity index is 1.93. The average molecular weight is 321 g/mol. The molecular weight excluding hydrogens is 302 g/mol. The second-order valence-electron chi connectivity index (χ2n) is 4.64. The number of thioether (sulfide) groups is 1. The number of benzene rings is 1. The third kappa shape index (κ3) is 4.49. The van der Waals surface area contributed by atoms with E-state index in [1.165, 1.54) is 11.8 Å². The zero-order chi connectivity index (χ0) is 15.9. The van der Waals surface area contributed by atoms with Gasteiger partial charge < -0.3 is 14.1 Å². The normalized spacial score (nSPS) is 10.5. The average Bonchev–Trinajstić information content (AvgIpc) is 2.96. The van der Waals surface area contributed by atoms with Gasteiger partial charge in [0, 0.05) is 20.0 Å². The monoisotopic (exact) mass is 321 g/mol. The predicted molar refractivity (Wildman–Crippen MR) is 83.8 cm³/mol. The highest BCUT2D eigenvalue weighted by molar-refractivity contribution is 7.99. The minimum absolute atomic E-state index is 0.0335. The van der Waals surface area contributed by atoms with Crippen molar-refractivity contribution >= 4 is 17.7 Å². The summed E-state index contributed by atoms with van der Waals surface area (Å²) in [5, 5.41) is 8.03. The molecule has 2 rings (SSSR count). The van der Waals surface area contributed by atoms with Crippen molar-refractivity contribution in [3.8, 4) is 5.75 Å². The number of hydrogen-bond acceptors (Lipinski definition) is 6. The van der Waals surface area contributed by atoms with Gasteiger partial charge >= 0.3 is 0 Å². The fraction of sp³-hybridized carbons (Fsp3) is 0.400.